The van der Waals surface area contributed by atoms with E-state index < -0.39 is 14.2 Å². The van der Waals surface area contributed by atoms with E-state index in [1.54, 1.807) is 3.20 Å². The third kappa shape index (κ3) is 11.8. The zero-order valence-corrected chi connectivity index (χ0v) is 21.4. The molecule has 0 rings (SSSR count). The summed E-state index contributed by atoms with van der Waals surface area (Å²) < 4.78 is 1.57. The number of hydrogen-bond donors (Lipinski definition) is 1. The first-order valence-corrected chi connectivity index (χ1v) is 15.3. The fourth-order valence-corrected chi connectivity index (χ4v) is 4.65. The Morgan fingerprint density at radius 3 is 1.92 bits per heavy atom. The summed E-state index contributed by atoms with van der Waals surface area (Å²) in [5, 5.41) is 10.6. The Hall–Kier alpha value is 0.127. The lowest BCUT2D eigenvalue weighted by Gasteiger charge is -2.21. The topological polar surface area (TPSA) is 20.2 Å². The molecule has 1 unspecified atom stereocenters. The molecule has 0 aliphatic rings. The van der Waals surface area contributed by atoms with E-state index in [9.17, 15) is 5.11 Å². The van der Waals surface area contributed by atoms with Gasteiger partial charge in [-0.25, -0.2) is 0 Å². The maximum absolute atomic E-state index is 10.6. The van der Waals surface area contributed by atoms with Crippen molar-refractivity contribution in [1.82, 2.24) is 0 Å². The molecule has 0 saturated carbocycles. The van der Waals surface area contributed by atoms with Crippen molar-refractivity contribution in [2.24, 2.45) is 0 Å². The standard InChI is InChI=1S/C23H43IOSi/c1-7-10-12-14-17-20(22(25)16-9-3)19-21(18-15-13-11-8-2)23(24)26(4,5)6/h9,16,19,22,25H,7-8,10-15,17-18H2,1-6H3/b16-9-,20-19-,23-21-. The second-order valence-electron chi connectivity index (χ2n) is 8.40. The van der Waals surface area contributed by atoms with Crippen LogP contribution in [0.15, 0.2) is 32.6 Å². The average molecular weight is 491 g/mol. The van der Waals surface area contributed by atoms with Crippen molar-refractivity contribution in [1.29, 1.82) is 0 Å². The van der Waals surface area contributed by atoms with Gasteiger partial charge >= 0.3 is 0 Å². The molecule has 1 nitrogen and oxygen atoms in total. The van der Waals surface area contributed by atoms with Crippen LogP contribution >= 0.6 is 22.6 Å². The Morgan fingerprint density at radius 2 is 1.46 bits per heavy atom. The molecule has 3 heteroatoms. The molecule has 1 atom stereocenters. The minimum atomic E-state index is -1.33. The predicted molar refractivity (Wildman–Crippen MR) is 131 cm³/mol. The highest BCUT2D eigenvalue weighted by atomic mass is 127. The molecule has 0 fully saturated rings. The molecule has 26 heavy (non-hydrogen) atoms. The summed E-state index contributed by atoms with van der Waals surface area (Å²) in [6.45, 7) is 13.8. The number of hydrogen-bond acceptors (Lipinski definition) is 1. The zero-order chi connectivity index (χ0) is 20.0. The lowest BCUT2D eigenvalue weighted by atomic mass is 9.97. The number of rotatable bonds is 14. The normalized spacial score (nSPS) is 15.5. The van der Waals surface area contributed by atoms with Gasteiger partial charge in [-0.2, -0.15) is 0 Å². The van der Waals surface area contributed by atoms with Gasteiger partial charge in [-0.1, -0.05) is 113 Å². The zero-order valence-electron chi connectivity index (χ0n) is 18.2. The van der Waals surface area contributed by atoms with Gasteiger partial charge < -0.3 is 5.11 Å². The summed E-state index contributed by atoms with van der Waals surface area (Å²) in [4.78, 5) is 0. The summed E-state index contributed by atoms with van der Waals surface area (Å²) in [7, 11) is -1.33. The van der Waals surface area contributed by atoms with Crippen molar-refractivity contribution in [3.63, 3.8) is 0 Å². The van der Waals surface area contributed by atoms with Gasteiger partial charge in [0.05, 0.1) is 14.2 Å². The minimum Gasteiger partial charge on any atom is -0.385 e. The highest BCUT2D eigenvalue weighted by Crippen LogP contribution is 2.31. The van der Waals surface area contributed by atoms with E-state index >= 15 is 0 Å². The molecule has 0 aromatic heterocycles. The van der Waals surface area contributed by atoms with Crippen LogP contribution in [-0.2, 0) is 0 Å². The summed E-state index contributed by atoms with van der Waals surface area (Å²) in [6, 6.07) is 0. The van der Waals surface area contributed by atoms with Gasteiger partial charge in [0.15, 0.2) is 0 Å². The largest absolute Gasteiger partial charge is 0.385 e. The van der Waals surface area contributed by atoms with E-state index in [1.807, 2.05) is 19.1 Å². The molecule has 0 saturated heterocycles. The molecule has 152 valence electrons. The van der Waals surface area contributed by atoms with Crippen molar-refractivity contribution in [2.45, 2.75) is 111 Å². The second kappa shape index (κ2) is 15.1. The van der Waals surface area contributed by atoms with Gasteiger partial charge in [0.1, 0.15) is 0 Å². The van der Waals surface area contributed by atoms with Crippen LogP contribution in [0.1, 0.15) is 85.0 Å². The number of aliphatic hydroxyl groups excluding tert-OH is 1. The van der Waals surface area contributed by atoms with Gasteiger partial charge in [0, 0.05) is 0 Å². The van der Waals surface area contributed by atoms with Crippen LogP contribution in [0.4, 0.5) is 0 Å². The quantitative estimate of drug-likeness (QED) is 0.0853. The fourth-order valence-electron chi connectivity index (χ4n) is 3.06. The third-order valence-corrected chi connectivity index (χ3v) is 11.9. The van der Waals surface area contributed by atoms with Crippen LogP contribution in [0.2, 0.25) is 19.6 Å². The molecule has 0 bridgehead atoms. The van der Waals surface area contributed by atoms with Crippen molar-refractivity contribution in [3.05, 3.63) is 32.6 Å². The lowest BCUT2D eigenvalue weighted by Crippen LogP contribution is -2.22. The molecule has 1 N–H and O–H groups in total. The molecule has 0 aromatic rings. The highest BCUT2D eigenvalue weighted by molar-refractivity contribution is 14.1. The molecular weight excluding hydrogens is 447 g/mol. The lowest BCUT2D eigenvalue weighted by molar-refractivity contribution is 0.253. The summed E-state index contributed by atoms with van der Waals surface area (Å²) in [5.41, 5.74) is 2.70. The first-order chi connectivity index (χ1) is 12.3. The maximum Gasteiger partial charge on any atom is 0.0934 e. The molecule has 0 radical (unpaired) electrons. The molecule has 0 amide bonds. The van der Waals surface area contributed by atoms with E-state index in [2.05, 4.69) is 62.2 Å². The van der Waals surface area contributed by atoms with E-state index in [0.29, 0.717) is 0 Å². The predicted octanol–water partition coefficient (Wildman–Crippen LogP) is 8.36. The number of halogens is 1. The van der Waals surface area contributed by atoms with Crippen molar-refractivity contribution >= 4 is 30.7 Å². The molecule has 0 heterocycles. The van der Waals surface area contributed by atoms with Crippen molar-refractivity contribution in [2.75, 3.05) is 0 Å². The van der Waals surface area contributed by atoms with Gasteiger partial charge in [-0.05, 0) is 47.0 Å². The van der Waals surface area contributed by atoms with Crippen LogP contribution in [0.25, 0.3) is 0 Å². The number of allylic oxidation sites excluding steroid dienone is 3. The minimum absolute atomic E-state index is 0.432. The molecule has 0 aliphatic carbocycles. The van der Waals surface area contributed by atoms with Crippen molar-refractivity contribution < 1.29 is 5.11 Å². The van der Waals surface area contributed by atoms with E-state index in [1.165, 1.54) is 62.5 Å². The molecule has 0 aliphatic heterocycles. The SMILES string of the molecule is C/C=C\C(O)/C(=C\C(CCCCCC)=C(\I)[Si](C)(C)C)CCCCCC. The van der Waals surface area contributed by atoms with Crippen LogP contribution in [-0.4, -0.2) is 19.3 Å². The van der Waals surface area contributed by atoms with Gasteiger partial charge in [0.25, 0.3) is 0 Å². The first-order valence-electron chi connectivity index (χ1n) is 10.7. The summed E-state index contributed by atoms with van der Waals surface area (Å²) in [6.07, 6.45) is 18.2. The second-order valence-corrected chi connectivity index (χ2v) is 15.5. The van der Waals surface area contributed by atoms with Crippen LogP contribution < -0.4 is 0 Å². The van der Waals surface area contributed by atoms with E-state index in [4.69, 9.17) is 0 Å². The van der Waals surface area contributed by atoms with Crippen LogP contribution in [0, 0.1) is 0 Å². The first kappa shape index (κ1) is 26.1. The maximum atomic E-state index is 10.6. The van der Waals surface area contributed by atoms with Gasteiger partial charge in [-0.15, -0.1) is 0 Å². The Balaban J connectivity index is 5.49. The van der Waals surface area contributed by atoms with E-state index in [-0.39, 0.29) is 0 Å². The molecular formula is C23H43IOSi. The molecule has 0 aromatic carbocycles. The van der Waals surface area contributed by atoms with Crippen molar-refractivity contribution in [3.8, 4) is 0 Å². The Labute approximate surface area is 178 Å². The summed E-state index contributed by atoms with van der Waals surface area (Å²) >= 11 is 2.60. The highest BCUT2D eigenvalue weighted by Gasteiger charge is 2.21. The Morgan fingerprint density at radius 1 is 0.923 bits per heavy atom. The smallest absolute Gasteiger partial charge is 0.0934 e. The average Bonchev–Trinajstić information content (AvgIpc) is 2.58. The van der Waals surface area contributed by atoms with E-state index in [0.717, 1.165) is 12.8 Å². The third-order valence-electron chi connectivity index (χ3n) is 4.67. The van der Waals surface area contributed by atoms with Gasteiger partial charge in [0.2, 0.25) is 0 Å². The molecule has 0 spiro atoms. The monoisotopic (exact) mass is 490 g/mol. The summed E-state index contributed by atoms with van der Waals surface area (Å²) in [5.74, 6) is 0. The Bertz CT molecular complexity index is 457. The van der Waals surface area contributed by atoms with Crippen LogP contribution in [0.3, 0.4) is 0 Å². The van der Waals surface area contributed by atoms with Gasteiger partial charge in [-0.3, -0.25) is 0 Å². The number of unbranched alkanes of at least 4 members (excludes halogenated alkanes) is 6. The van der Waals surface area contributed by atoms with Crippen LogP contribution in [0.5, 0.6) is 0 Å². The fraction of sp³-hybridized carbons (Fsp3) is 0.739. The Kier molecular flexibility index (Phi) is 15.2. The number of aliphatic hydroxyl groups is 1.